The van der Waals surface area contributed by atoms with E-state index in [0.717, 1.165) is 64.3 Å². The first-order valence-corrected chi connectivity index (χ1v) is 13.7. The molecular formula is C27H49N5O2. The van der Waals surface area contributed by atoms with Gasteiger partial charge in [0.05, 0.1) is 18.2 Å². The molecule has 4 fully saturated rings. The number of nitrogens with zero attached hydrogens (tertiary/aromatic N) is 3. The second-order valence-corrected chi connectivity index (χ2v) is 12.6. The molecule has 34 heavy (non-hydrogen) atoms. The van der Waals surface area contributed by atoms with E-state index in [0.29, 0.717) is 41.6 Å². The number of hydrogen-bond acceptors (Lipinski definition) is 5. The molecule has 0 unspecified atom stereocenters. The Kier molecular flexibility index (Phi) is 7.66. The Morgan fingerprint density at radius 1 is 1.09 bits per heavy atom. The van der Waals surface area contributed by atoms with Gasteiger partial charge in [-0.2, -0.15) is 5.10 Å². The first-order valence-electron chi connectivity index (χ1n) is 13.7. The van der Waals surface area contributed by atoms with Crippen LogP contribution in [0, 0.1) is 34.5 Å². The molecule has 0 saturated heterocycles. The van der Waals surface area contributed by atoms with Crippen LogP contribution in [0.3, 0.4) is 0 Å². The van der Waals surface area contributed by atoms with Crippen molar-refractivity contribution < 1.29 is 10.2 Å². The smallest absolute Gasteiger partial charge is 0.209 e. The molecule has 0 aromatic rings. The maximum absolute atomic E-state index is 12.3. The van der Waals surface area contributed by atoms with Crippen LogP contribution < -0.4 is 11.2 Å². The summed E-state index contributed by atoms with van der Waals surface area (Å²) in [7, 11) is 4.03. The molecule has 0 radical (unpaired) electrons. The number of aliphatic imine (C=N–C) groups is 1. The molecule has 0 aromatic carbocycles. The van der Waals surface area contributed by atoms with Gasteiger partial charge in [-0.25, -0.2) is 5.43 Å². The van der Waals surface area contributed by atoms with Gasteiger partial charge in [-0.15, -0.1) is 0 Å². The number of guanidine groups is 1. The zero-order valence-electron chi connectivity index (χ0n) is 22.0. The van der Waals surface area contributed by atoms with Gasteiger partial charge in [0.2, 0.25) is 5.96 Å². The van der Waals surface area contributed by atoms with Gasteiger partial charge in [0.25, 0.3) is 0 Å². The summed E-state index contributed by atoms with van der Waals surface area (Å²) in [4.78, 5) is 6.34. The number of hydrogen-bond donors (Lipinski definition) is 4. The molecule has 194 valence electrons. The lowest BCUT2D eigenvalue weighted by Crippen LogP contribution is -2.62. The van der Waals surface area contributed by atoms with E-state index in [-0.39, 0.29) is 11.5 Å². The molecule has 8 atom stereocenters. The highest BCUT2D eigenvalue weighted by molar-refractivity contribution is 5.78. The predicted molar refractivity (Wildman–Crippen MR) is 139 cm³/mol. The highest BCUT2D eigenvalue weighted by atomic mass is 16.3. The average Bonchev–Trinajstić information content (AvgIpc) is 3.04. The highest BCUT2D eigenvalue weighted by Gasteiger charge is 2.66. The van der Waals surface area contributed by atoms with E-state index >= 15 is 0 Å². The first-order chi connectivity index (χ1) is 16.1. The second kappa shape index (κ2) is 10.1. The first kappa shape index (κ1) is 25.9. The van der Waals surface area contributed by atoms with Gasteiger partial charge in [0, 0.05) is 12.8 Å². The van der Waals surface area contributed by atoms with Crippen LogP contribution in [0.1, 0.15) is 84.5 Å². The Labute approximate surface area is 206 Å². The third-order valence-electron chi connectivity index (χ3n) is 10.8. The van der Waals surface area contributed by atoms with E-state index in [4.69, 9.17) is 5.73 Å². The van der Waals surface area contributed by atoms with Gasteiger partial charge >= 0.3 is 0 Å². The summed E-state index contributed by atoms with van der Waals surface area (Å²) in [6.45, 7) is 6.38. The molecular weight excluding hydrogens is 426 g/mol. The molecule has 4 rings (SSSR count). The van der Waals surface area contributed by atoms with Gasteiger partial charge in [0.1, 0.15) is 0 Å². The zero-order chi connectivity index (χ0) is 24.6. The normalized spacial score (nSPS) is 44.7. The third kappa shape index (κ3) is 4.64. The summed E-state index contributed by atoms with van der Waals surface area (Å²) >= 11 is 0. The van der Waals surface area contributed by atoms with Crippen molar-refractivity contribution in [1.29, 1.82) is 0 Å². The number of rotatable bonds is 7. The Hall–Kier alpha value is -1.18. The monoisotopic (exact) mass is 475 g/mol. The lowest BCUT2D eigenvalue weighted by molar-refractivity contribution is -0.210. The van der Waals surface area contributed by atoms with Crippen molar-refractivity contribution in [3.63, 3.8) is 0 Å². The van der Waals surface area contributed by atoms with Gasteiger partial charge in [-0.3, -0.25) is 4.99 Å². The van der Waals surface area contributed by atoms with Crippen molar-refractivity contribution in [2.75, 3.05) is 27.2 Å². The Morgan fingerprint density at radius 3 is 2.65 bits per heavy atom. The largest absolute Gasteiger partial charge is 0.393 e. The minimum atomic E-state index is -0.538. The van der Waals surface area contributed by atoms with Crippen molar-refractivity contribution in [2.24, 2.45) is 50.3 Å². The highest BCUT2D eigenvalue weighted by Crippen LogP contribution is 2.69. The molecule has 0 heterocycles. The van der Waals surface area contributed by atoms with Gasteiger partial charge in [0.15, 0.2) is 0 Å². The summed E-state index contributed by atoms with van der Waals surface area (Å²) < 4.78 is 0. The fourth-order valence-corrected chi connectivity index (χ4v) is 8.63. The van der Waals surface area contributed by atoms with Gasteiger partial charge in [-0.05, 0) is 119 Å². The number of likely N-dealkylation sites (N-methyl/N-ethyl adjacent to an activating group) is 1. The van der Waals surface area contributed by atoms with Crippen LogP contribution >= 0.6 is 0 Å². The Morgan fingerprint density at radius 2 is 1.88 bits per heavy atom. The molecule has 0 bridgehead atoms. The van der Waals surface area contributed by atoms with Crippen LogP contribution in [0.15, 0.2) is 10.1 Å². The van der Waals surface area contributed by atoms with E-state index in [1.54, 1.807) is 0 Å². The topological polar surface area (TPSA) is 106 Å². The summed E-state index contributed by atoms with van der Waals surface area (Å²) in [6.07, 6.45) is 13.5. The maximum Gasteiger partial charge on any atom is 0.209 e. The molecule has 5 N–H and O–H groups in total. The fraction of sp³-hybridized carbons (Fsp3) is 0.926. The number of hydrazone groups is 1. The Balaban J connectivity index is 1.34. The minimum Gasteiger partial charge on any atom is -0.393 e. The van der Waals surface area contributed by atoms with Crippen LogP contribution in [-0.2, 0) is 0 Å². The average molecular weight is 476 g/mol. The summed E-state index contributed by atoms with van der Waals surface area (Å²) in [5.41, 5.74) is 8.47. The number of nitrogens with two attached hydrogens (primary N) is 1. The number of nitrogens with one attached hydrogen (secondary N) is 1. The van der Waals surface area contributed by atoms with Gasteiger partial charge < -0.3 is 20.8 Å². The van der Waals surface area contributed by atoms with Gasteiger partial charge in [-0.1, -0.05) is 13.8 Å². The van der Waals surface area contributed by atoms with E-state index in [2.05, 4.69) is 34.3 Å². The predicted octanol–water partition coefficient (Wildman–Crippen LogP) is 3.35. The maximum atomic E-state index is 12.3. The molecule has 0 aliphatic heterocycles. The lowest BCUT2D eigenvalue weighted by Gasteiger charge is -2.63. The summed E-state index contributed by atoms with van der Waals surface area (Å²) in [5, 5.41) is 26.8. The standard InChI is InChI=1S/C27H49N5O2/c1-25-12-10-21(33)18-20(25)7-8-23-22(25)11-13-26(2)19(9-14-27(23,26)34)6-5-15-30-31-24(28)29-16-17-32(3)4/h15,19-23,33-34H,5-14,16-18H2,1-4H3,(H3,28,29,31)/b30-15+/t19-,20+,21-,22-,23+,25-,26+,27-/m0/s1. The van der Waals surface area contributed by atoms with Crippen LogP contribution in [0.5, 0.6) is 0 Å². The Bertz CT molecular complexity index is 772. The molecule has 0 spiro atoms. The van der Waals surface area contributed by atoms with Crippen molar-refractivity contribution in [1.82, 2.24) is 10.3 Å². The zero-order valence-corrected chi connectivity index (χ0v) is 22.0. The van der Waals surface area contributed by atoms with Crippen molar-refractivity contribution in [2.45, 2.75) is 96.2 Å². The molecule has 0 amide bonds. The van der Waals surface area contributed by atoms with Crippen molar-refractivity contribution >= 4 is 12.2 Å². The number of fused-ring (bicyclic) bond motifs is 5. The second-order valence-electron chi connectivity index (χ2n) is 12.6. The van der Waals surface area contributed by atoms with E-state index in [1.807, 2.05) is 20.3 Å². The molecule has 7 heteroatoms. The fourth-order valence-electron chi connectivity index (χ4n) is 8.63. The number of aliphatic hydroxyl groups is 2. The third-order valence-corrected chi connectivity index (χ3v) is 10.8. The lowest BCUT2D eigenvalue weighted by atomic mass is 9.43. The summed E-state index contributed by atoms with van der Waals surface area (Å²) in [6, 6.07) is 0. The van der Waals surface area contributed by atoms with Crippen LogP contribution in [-0.4, -0.2) is 66.2 Å². The molecule has 4 saturated carbocycles. The molecule has 0 aromatic heterocycles. The van der Waals surface area contributed by atoms with Crippen molar-refractivity contribution in [3.05, 3.63) is 0 Å². The van der Waals surface area contributed by atoms with E-state index in [9.17, 15) is 10.2 Å². The summed E-state index contributed by atoms with van der Waals surface area (Å²) in [5.74, 6) is 2.55. The number of aliphatic hydroxyl groups excluding tert-OH is 1. The molecule has 7 nitrogen and oxygen atoms in total. The van der Waals surface area contributed by atoms with Crippen LogP contribution in [0.2, 0.25) is 0 Å². The van der Waals surface area contributed by atoms with E-state index < -0.39 is 5.60 Å². The van der Waals surface area contributed by atoms with Crippen molar-refractivity contribution in [3.8, 4) is 0 Å². The quantitative estimate of drug-likeness (QED) is 0.257. The van der Waals surface area contributed by atoms with Crippen LogP contribution in [0.25, 0.3) is 0 Å². The van der Waals surface area contributed by atoms with E-state index in [1.165, 1.54) is 12.8 Å². The molecule has 4 aliphatic carbocycles. The van der Waals surface area contributed by atoms with Crippen LogP contribution in [0.4, 0.5) is 0 Å². The molecule has 4 aliphatic rings. The SMILES string of the molecule is CN(C)CCN=C(N)N/N=C/CC[C@H]1CC[C@]2(O)[C@@H]3CC[C@@H]4C[C@@H](O)CC[C@]4(C)[C@H]3CC[C@]12C. The minimum absolute atomic E-state index is 0.000518.